The van der Waals surface area contributed by atoms with Crippen molar-refractivity contribution in [2.24, 2.45) is 5.92 Å². The lowest BCUT2D eigenvalue weighted by Gasteiger charge is -2.23. The van der Waals surface area contributed by atoms with E-state index >= 15 is 0 Å². The summed E-state index contributed by atoms with van der Waals surface area (Å²) in [4.78, 5) is 0. The first-order valence-electron chi connectivity index (χ1n) is 6.69. The molecule has 1 fully saturated rings. The zero-order chi connectivity index (χ0) is 13.0. The van der Waals surface area contributed by atoms with E-state index in [9.17, 15) is 5.11 Å². The molecule has 1 N–H and O–H groups in total. The number of hydrogen-bond acceptors (Lipinski definition) is 3. The molecular weight excluding hydrogens is 228 g/mol. The van der Waals surface area contributed by atoms with Crippen molar-refractivity contribution < 1.29 is 14.6 Å². The zero-order valence-corrected chi connectivity index (χ0v) is 11.2. The lowest BCUT2D eigenvalue weighted by atomic mass is 9.84. The van der Waals surface area contributed by atoms with Crippen LogP contribution in [0.4, 0.5) is 0 Å². The highest BCUT2D eigenvalue weighted by molar-refractivity contribution is 5.53. The van der Waals surface area contributed by atoms with E-state index in [1.807, 2.05) is 0 Å². The largest absolute Gasteiger partial charge is 0.508 e. The molecule has 0 unspecified atom stereocenters. The van der Waals surface area contributed by atoms with Crippen LogP contribution < -0.4 is 9.47 Å². The summed E-state index contributed by atoms with van der Waals surface area (Å²) in [5, 5.41) is 10.0. The smallest absolute Gasteiger partial charge is 0.167 e. The molecule has 0 heterocycles. The molecule has 0 aromatic heterocycles. The van der Waals surface area contributed by atoms with Crippen LogP contribution in [0.25, 0.3) is 0 Å². The lowest BCUT2D eigenvalue weighted by molar-refractivity contribution is 0.326. The average Bonchev–Trinajstić information content (AvgIpc) is 2.42. The van der Waals surface area contributed by atoms with Gasteiger partial charge in [-0.3, -0.25) is 0 Å². The number of methoxy groups -OCH3 is 2. The molecule has 1 aromatic carbocycles. The standard InChI is InChI=1S/C15H22O3/c1-17-14-9-8-13(16)12(15(14)18-2)10-11-6-4-3-5-7-11/h8-9,11,16H,3-7,10H2,1-2H3. The summed E-state index contributed by atoms with van der Waals surface area (Å²) in [6, 6.07) is 3.44. The van der Waals surface area contributed by atoms with Gasteiger partial charge in [-0.15, -0.1) is 0 Å². The fourth-order valence-corrected chi connectivity index (χ4v) is 2.86. The molecule has 18 heavy (non-hydrogen) atoms. The van der Waals surface area contributed by atoms with Gasteiger partial charge in [0.15, 0.2) is 11.5 Å². The van der Waals surface area contributed by atoms with E-state index in [2.05, 4.69) is 0 Å². The summed E-state index contributed by atoms with van der Waals surface area (Å²) in [5.41, 5.74) is 0.892. The number of aromatic hydroxyl groups is 1. The van der Waals surface area contributed by atoms with Crippen molar-refractivity contribution in [2.45, 2.75) is 38.5 Å². The first-order chi connectivity index (χ1) is 8.76. The molecule has 0 spiro atoms. The second-order valence-electron chi connectivity index (χ2n) is 5.01. The molecule has 0 aliphatic heterocycles. The van der Waals surface area contributed by atoms with Gasteiger partial charge in [0, 0.05) is 5.56 Å². The van der Waals surface area contributed by atoms with Crippen molar-refractivity contribution in [1.82, 2.24) is 0 Å². The summed E-state index contributed by atoms with van der Waals surface area (Å²) < 4.78 is 10.7. The molecule has 1 saturated carbocycles. The van der Waals surface area contributed by atoms with Gasteiger partial charge in [-0.05, 0) is 24.5 Å². The molecule has 1 aromatic rings. The van der Waals surface area contributed by atoms with E-state index in [-0.39, 0.29) is 0 Å². The van der Waals surface area contributed by atoms with Crippen LogP contribution in [0.15, 0.2) is 12.1 Å². The molecule has 0 saturated heterocycles. The highest BCUT2D eigenvalue weighted by atomic mass is 16.5. The van der Waals surface area contributed by atoms with Gasteiger partial charge < -0.3 is 14.6 Å². The number of rotatable bonds is 4. The first kappa shape index (κ1) is 13.1. The molecule has 0 radical (unpaired) electrons. The van der Waals surface area contributed by atoms with Gasteiger partial charge in [-0.1, -0.05) is 32.1 Å². The lowest BCUT2D eigenvalue weighted by Crippen LogP contribution is -2.10. The molecular formula is C15H22O3. The fourth-order valence-electron chi connectivity index (χ4n) is 2.86. The maximum atomic E-state index is 10.0. The summed E-state index contributed by atoms with van der Waals surface area (Å²) in [6.07, 6.45) is 7.33. The van der Waals surface area contributed by atoms with Gasteiger partial charge in [-0.25, -0.2) is 0 Å². The van der Waals surface area contributed by atoms with Crippen LogP contribution in [0.1, 0.15) is 37.7 Å². The third kappa shape index (κ3) is 2.71. The second kappa shape index (κ2) is 5.98. The predicted octanol–water partition coefficient (Wildman–Crippen LogP) is 3.53. The minimum Gasteiger partial charge on any atom is -0.508 e. The van der Waals surface area contributed by atoms with E-state index in [0.29, 0.717) is 23.2 Å². The van der Waals surface area contributed by atoms with E-state index in [0.717, 1.165) is 12.0 Å². The molecule has 3 heteroatoms. The van der Waals surface area contributed by atoms with Crippen LogP contribution in [0.2, 0.25) is 0 Å². The minimum atomic E-state index is 0.318. The van der Waals surface area contributed by atoms with Gasteiger partial charge in [-0.2, -0.15) is 0 Å². The zero-order valence-electron chi connectivity index (χ0n) is 11.2. The quantitative estimate of drug-likeness (QED) is 0.888. The molecule has 0 bridgehead atoms. The Balaban J connectivity index is 2.24. The Morgan fingerprint density at radius 1 is 1.11 bits per heavy atom. The van der Waals surface area contributed by atoms with E-state index < -0.39 is 0 Å². The van der Waals surface area contributed by atoms with Crippen LogP contribution in [0, 0.1) is 5.92 Å². The highest BCUT2D eigenvalue weighted by Crippen LogP contribution is 2.40. The van der Waals surface area contributed by atoms with Crippen LogP contribution in [0.5, 0.6) is 17.2 Å². The summed E-state index contributed by atoms with van der Waals surface area (Å²) >= 11 is 0. The van der Waals surface area contributed by atoms with E-state index in [1.165, 1.54) is 32.1 Å². The van der Waals surface area contributed by atoms with Crippen molar-refractivity contribution in [3.8, 4) is 17.2 Å². The maximum absolute atomic E-state index is 10.0. The Hall–Kier alpha value is -1.38. The Kier molecular flexibility index (Phi) is 4.34. The van der Waals surface area contributed by atoms with Crippen molar-refractivity contribution in [3.05, 3.63) is 17.7 Å². The van der Waals surface area contributed by atoms with Gasteiger partial charge in [0.1, 0.15) is 5.75 Å². The normalized spacial score (nSPS) is 16.6. The van der Waals surface area contributed by atoms with Crippen LogP contribution >= 0.6 is 0 Å². The van der Waals surface area contributed by atoms with Crippen LogP contribution in [0.3, 0.4) is 0 Å². The van der Waals surface area contributed by atoms with Crippen molar-refractivity contribution in [3.63, 3.8) is 0 Å². The highest BCUT2D eigenvalue weighted by Gasteiger charge is 2.20. The van der Waals surface area contributed by atoms with Crippen LogP contribution in [-0.2, 0) is 6.42 Å². The minimum absolute atomic E-state index is 0.318. The Bertz CT molecular complexity index is 395. The first-order valence-corrected chi connectivity index (χ1v) is 6.69. The Morgan fingerprint density at radius 3 is 2.44 bits per heavy atom. The third-order valence-corrected chi connectivity index (χ3v) is 3.84. The van der Waals surface area contributed by atoms with Gasteiger partial charge in [0.05, 0.1) is 14.2 Å². The van der Waals surface area contributed by atoms with Gasteiger partial charge >= 0.3 is 0 Å². The van der Waals surface area contributed by atoms with E-state index in [4.69, 9.17) is 9.47 Å². The number of hydrogen-bond donors (Lipinski definition) is 1. The third-order valence-electron chi connectivity index (χ3n) is 3.84. The molecule has 2 rings (SSSR count). The fraction of sp³-hybridized carbons (Fsp3) is 0.600. The van der Waals surface area contributed by atoms with Crippen molar-refractivity contribution >= 4 is 0 Å². The van der Waals surface area contributed by atoms with E-state index in [1.54, 1.807) is 26.4 Å². The predicted molar refractivity (Wildman–Crippen MR) is 71.5 cm³/mol. The number of phenols is 1. The average molecular weight is 250 g/mol. The number of phenolic OH excluding ortho intramolecular Hbond substituents is 1. The Morgan fingerprint density at radius 2 is 1.83 bits per heavy atom. The van der Waals surface area contributed by atoms with Crippen LogP contribution in [-0.4, -0.2) is 19.3 Å². The molecule has 1 aliphatic carbocycles. The Labute approximate surface area is 109 Å². The SMILES string of the molecule is COc1ccc(O)c(CC2CCCCC2)c1OC. The number of benzene rings is 1. The monoisotopic (exact) mass is 250 g/mol. The summed E-state index contributed by atoms with van der Waals surface area (Å²) in [5.74, 6) is 2.35. The van der Waals surface area contributed by atoms with Crippen molar-refractivity contribution in [2.75, 3.05) is 14.2 Å². The topological polar surface area (TPSA) is 38.7 Å². The molecule has 0 atom stereocenters. The second-order valence-corrected chi connectivity index (χ2v) is 5.01. The van der Waals surface area contributed by atoms with Gasteiger partial charge in [0.25, 0.3) is 0 Å². The number of ether oxygens (including phenoxy) is 2. The molecule has 3 nitrogen and oxygen atoms in total. The summed E-state index contributed by atoms with van der Waals surface area (Å²) in [6.45, 7) is 0. The molecule has 1 aliphatic rings. The molecule has 100 valence electrons. The van der Waals surface area contributed by atoms with Gasteiger partial charge in [0.2, 0.25) is 0 Å². The molecule has 0 amide bonds. The summed E-state index contributed by atoms with van der Waals surface area (Å²) in [7, 11) is 3.25. The van der Waals surface area contributed by atoms with Crippen molar-refractivity contribution in [1.29, 1.82) is 0 Å². The maximum Gasteiger partial charge on any atom is 0.167 e.